The van der Waals surface area contributed by atoms with Gasteiger partial charge < -0.3 is 15.0 Å². The lowest BCUT2D eigenvalue weighted by atomic mass is 9.91. The van der Waals surface area contributed by atoms with Crippen molar-refractivity contribution in [1.29, 1.82) is 0 Å². The van der Waals surface area contributed by atoms with Crippen molar-refractivity contribution in [3.63, 3.8) is 0 Å². The fraction of sp³-hybridized carbons (Fsp3) is 0.526. The second-order valence-corrected chi connectivity index (χ2v) is 7.14. The van der Waals surface area contributed by atoms with Crippen molar-refractivity contribution in [3.8, 4) is 0 Å². The minimum absolute atomic E-state index is 0.230. The van der Waals surface area contributed by atoms with Crippen LogP contribution in [-0.4, -0.2) is 36.7 Å². The van der Waals surface area contributed by atoms with Gasteiger partial charge in [0.2, 0.25) is 0 Å². The maximum absolute atomic E-state index is 12.1. The number of ether oxygens (including phenoxy) is 1. The lowest BCUT2D eigenvalue weighted by molar-refractivity contribution is 0.0270. The molecule has 1 aliphatic rings. The van der Waals surface area contributed by atoms with Gasteiger partial charge in [0.05, 0.1) is 0 Å². The number of benzene rings is 1. The molecule has 0 bridgehead atoms. The van der Waals surface area contributed by atoms with Crippen LogP contribution in [-0.2, 0) is 4.74 Å². The number of carbonyl (C=O) groups excluding carboxylic acids is 1. The quantitative estimate of drug-likeness (QED) is 0.881. The second-order valence-electron chi connectivity index (χ2n) is 7.14. The Morgan fingerprint density at radius 3 is 2.26 bits per heavy atom. The summed E-state index contributed by atoms with van der Waals surface area (Å²) in [5, 5.41) is 3.19. The number of nitrogens with zero attached hydrogens (tertiary/aromatic N) is 1. The lowest BCUT2D eigenvalue weighted by Gasteiger charge is -2.30. The van der Waals surface area contributed by atoms with Crippen LogP contribution in [0.15, 0.2) is 18.2 Å². The molecule has 4 nitrogen and oxygen atoms in total. The summed E-state index contributed by atoms with van der Waals surface area (Å²) in [6.07, 6.45) is 2.79. The Kier molecular flexibility index (Phi) is 5.03. The number of amides is 1. The van der Waals surface area contributed by atoms with Crippen molar-refractivity contribution in [2.24, 2.45) is 0 Å². The van der Waals surface area contributed by atoms with Crippen LogP contribution in [0, 0.1) is 13.8 Å². The van der Waals surface area contributed by atoms with Crippen LogP contribution in [0.5, 0.6) is 0 Å². The van der Waals surface area contributed by atoms with Crippen molar-refractivity contribution < 1.29 is 9.53 Å². The molecule has 0 saturated carbocycles. The summed E-state index contributed by atoms with van der Waals surface area (Å²) in [6, 6.07) is 4.34. The third-order valence-corrected chi connectivity index (χ3v) is 4.00. The molecule has 0 unspecified atom stereocenters. The van der Waals surface area contributed by atoms with E-state index in [0.29, 0.717) is 13.1 Å². The molecule has 0 spiro atoms. The lowest BCUT2D eigenvalue weighted by Crippen LogP contribution is -2.39. The van der Waals surface area contributed by atoms with Crippen LogP contribution in [0.2, 0.25) is 0 Å². The monoisotopic (exact) mass is 316 g/mol. The molecule has 4 heteroatoms. The number of hydrogen-bond acceptors (Lipinski definition) is 3. The van der Waals surface area contributed by atoms with E-state index in [-0.39, 0.29) is 6.09 Å². The fourth-order valence-corrected chi connectivity index (χ4v) is 3.00. The van der Waals surface area contributed by atoms with E-state index in [4.69, 9.17) is 4.74 Å². The molecular formula is C19H28N2O2. The third kappa shape index (κ3) is 4.27. The maximum atomic E-state index is 12.1. The number of carbonyl (C=O) groups is 1. The highest BCUT2D eigenvalue weighted by Crippen LogP contribution is 2.30. The van der Waals surface area contributed by atoms with E-state index in [0.717, 1.165) is 12.1 Å². The highest BCUT2D eigenvalue weighted by Gasteiger charge is 2.24. The standard InChI is InChI=1S/C19H28N2O2/c1-13-11-16(20-6)12-14(2)17(13)15-7-9-21(10-8-15)18(22)23-19(3,4)5/h7,11-12,20H,8-10H2,1-6H3. The van der Waals surface area contributed by atoms with Gasteiger partial charge in [0.1, 0.15) is 5.60 Å². The highest BCUT2D eigenvalue weighted by molar-refractivity contribution is 5.76. The highest BCUT2D eigenvalue weighted by atomic mass is 16.6. The van der Waals surface area contributed by atoms with Crippen molar-refractivity contribution in [3.05, 3.63) is 34.9 Å². The van der Waals surface area contributed by atoms with E-state index in [2.05, 4.69) is 37.4 Å². The molecule has 1 heterocycles. The number of nitrogens with one attached hydrogen (secondary N) is 1. The Hall–Kier alpha value is -1.97. The van der Waals surface area contributed by atoms with E-state index >= 15 is 0 Å². The van der Waals surface area contributed by atoms with Gasteiger partial charge in [0, 0.05) is 25.8 Å². The minimum atomic E-state index is -0.447. The summed E-state index contributed by atoms with van der Waals surface area (Å²) >= 11 is 0. The molecule has 0 atom stereocenters. The van der Waals surface area contributed by atoms with Crippen LogP contribution in [0.3, 0.4) is 0 Å². The molecule has 0 saturated heterocycles. The largest absolute Gasteiger partial charge is 0.444 e. The SMILES string of the molecule is CNc1cc(C)c(C2=CCN(C(=O)OC(C)(C)C)CC2)c(C)c1. The van der Waals surface area contributed by atoms with Crippen molar-refractivity contribution in [1.82, 2.24) is 4.90 Å². The van der Waals surface area contributed by atoms with E-state index in [9.17, 15) is 4.79 Å². The van der Waals surface area contributed by atoms with Crippen molar-refractivity contribution in [2.45, 2.75) is 46.6 Å². The zero-order valence-electron chi connectivity index (χ0n) is 15.1. The molecule has 1 amide bonds. The average molecular weight is 316 g/mol. The Morgan fingerprint density at radius 1 is 1.22 bits per heavy atom. The van der Waals surface area contributed by atoms with Crippen LogP contribution in [0.1, 0.15) is 43.9 Å². The first-order valence-electron chi connectivity index (χ1n) is 8.17. The minimum Gasteiger partial charge on any atom is -0.444 e. The molecule has 2 rings (SSSR count). The zero-order valence-corrected chi connectivity index (χ0v) is 15.1. The number of rotatable bonds is 2. The topological polar surface area (TPSA) is 41.6 Å². The fourth-order valence-electron chi connectivity index (χ4n) is 3.00. The maximum Gasteiger partial charge on any atom is 0.410 e. The van der Waals surface area contributed by atoms with Gasteiger partial charge in [0.15, 0.2) is 0 Å². The molecule has 1 aromatic rings. The molecule has 0 radical (unpaired) electrons. The van der Waals surface area contributed by atoms with Crippen LogP contribution in [0.4, 0.5) is 10.5 Å². The predicted molar refractivity (Wildman–Crippen MR) is 95.9 cm³/mol. The van der Waals surface area contributed by atoms with Crippen molar-refractivity contribution >= 4 is 17.4 Å². The first-order valence-corrected chi connectivity index (χ1v) is 8.17. The van der Waals surface area contributed by atoms with E-state index < -0.39 is 5.60 Å². The van der Waals surface area contributed by atoms with Gasteiger partial charge in [-0.3, -0.25) is 0 Å². The van der Waals surface area contributed by atoms with Gasteiger partial charge >= 0.3 is 6.09 Å². The summed E-state index contributed by atoms with van der Waals surface area (Å²) in [5.41, 5.74) is 5.86. The van der Waals surface area contributed by atoms with Gasteiger partial charge in [0.25, 0.3) is 0 Å². The summed E-state index contributed by atoms with van der Waals surface area (Å²) in [4.78, 5) is 13.9. The van der Waals surface area contributed by atoms with E-state index in [1.165, 1.54) is 22.3 Å². The van der Waals surface area contributed by atoms with Gasteiger partial charge in [-0.1, -0.05) is 6.08 Å². The van der Waals surface area contributed by atoms with E-state index in [1.807, 2.05) is 27.8 Å². The summed E-state index contributed by atoms with van der Waals surface area (Å²) in [6.45, 7) is 11.3. The molecule has 0 fully saturated rings. The summed E-state index contributed by atoms with van der Waals surface area (Å²) in [7, 11) is 1.94. The Labute approximate surface area is 139 Å². The number of aryl methyl sites for hydroxylation is 2. The number of hydrogen-bond donors (Lipinski definition) is 1. The first kappa shape index (κ1) is 17.4. The van der Waals surface area contributed by atoms with Crippen LogP contribution in [0.25, 0.3) is 5.57 Å². The van der Waals surface area contributed by atoms with Gasteiger partial charge in [-0.15, -0.1) is 0 Å². The second kappa shape index (κ2) is 6.65. The first-order chi connectivity index (χ1) is 10.7. The number of anilines is 1. The van der Waals surface area contributed by atoms with Crippen LogP contribution >= 0.6 is 0 Å². The Bertz CT molecular complexity index is 604. The predicted octanol–water partition coefficient (Wildman–Crippen LogP) is 4.37. The van der Waals surface area contributed by atoms with Gasteiger partial charge in [-0.2, -0.15) is 0 Å². The molecule has 0 aliphatic carbocycles. The van der Waals surface area contributed by atoms with E-state index in [1.54, 1.807) is 4.90 Å². The van der Waals surface area contributed by atoms with Gasteiger partial charge in [-0.25, -0.2) is 4.79 Å². The molecule has 23 heavy (non-hydrogen) atoms. The molecule has 0 aromatic heterocycles. The Morgan fingerprint density at radius 2 is 1.83 bits per heavy atom. The smallest absolute Gasteiger partial charge is 0.410 e. The van der Waals surface area contributed by atoms with Gasteiger partial charge in [-0.05, 0) is 75.4 Å². The summed E-state index contributed by atoms with van der Waals surface area (Å²) < 4.78 is 5.45. The normalized spacial score (nSPS) is 15.2. The molecular weight excluding hydrogens is 288 g/mol. The third-order valence-electron chi connectivity index (χ3n) is 4.00. The van der Waals surface area contributed by atoms with Crippen LogP contribution < -0.4 is 5.32 Å². The molecule has 1 aromatic carbocycles. The zero-order chi connectivity index (χ0) is 17.2. The molecule has 1 N–H and O–H groups in total. The summed E-state index contributed by atoms with van der Waals surface area (Å²) in [5.74, 6) is 0. The molecule has 1 aliphatic heterocycles. The average Bonchev–Trinajstić information content (AvgIpc) is 2.45. The molecule has 126 valence electrons. The van der Waals surface area contributed by atoms with Crippen molar-refractivity contribution in [2.75, 3.05) is 25.5 Å². The Balaban J connectivity index is 2.15.